The molecule has 1 heterocycles. The van der Waals surface area contributed by atoms with Crippen LogP contribution in [-0.2, 0) is 21.0 Å². The summed E-state index contributed by atoms with van der Waals surface area (Å²) >= 11 is 5.99. The fourth-order valence-electron chi connectivity index (χ4n) is 8.54. The zero-order valence-electron chi connectivity index (χ0n) is 20.7. The quantitative estimate of drug-likeness (QED) is 0.580. The highest BCUT2D eigenvalue weighted by Gasteiger charge is 2.79. The second kappa shape index (κ2) is 7.94. The van der Waals surface area contributed by atoms with E-state index in [0.717, 1.165) is 5.56 Å². The Morgan fingerprint density at radius 2 is 1.95 bits per heavy atom. The van der Waals surface area contributed by atoms with E-state index in [2.05, 4.69) is 0 Å². The topological polar surface area (TPSA) is 87.1 Å². The number of rotatable bonds is 3. The van der Waals surface area contributed by atoms with Crippen molar-refractivity contribution in [1.29, 1.82) is 0 Å². The molecule has 8 atom stereocenters. The summed E-state index contributed by atoms with van der Waals surface area (Å²) in [6.45, 7) is 3.97. The molecule has 2 saturated carbocycles. The molecule has 1 aromatic carbocycles. The van der Waals surface area contributed by atoms with Crippen molar-refractivity contribution in [2.75, 3.05) is 6.54 Å². The number of hydrogen-bond acceptors (Lipinski definition) is 5. The van der Waals surface area contributed by atoms with Gasteiger partial charge >= 0.3 is 5.97 Å². The van der Waals surface area contributed by atoms with Crippen LogP contribution in [0.15, 0.2) is 47.8 Å². The van der Waals surface area contributed by atoms with Crippen molar-refractivity contribution in [2.24, 2.45) is 28.6 Å². The Kier molecular flexibility index (Phi) is 5.40. The molecule has 3 fully saturated rings. The highest BCUT2D eigenvalue weighted by atomic mass is 35.5. The van der Waals surface area contributed by atoms with E-state index in [1.165, 1.54) is 12.2 Å². The average molecular weight is 534 g/mol. The summed E-state index contributed by atoms with van der Waals surface area (Å²) in [6, 6.07) is 7.20. The molecule has 5 aliphatic rings. The zero-order chi connectivity index (χ0) is 26.5. The number of aliphatic hydroxyl groups is 1. The van der Waals surface area contributed by atoms with Crippen LogP contribution in [0.25, 0.3) is 0 Å². The first kappa shape index (κ1) is 25.2. The molecule has 1 saturated heterocycles. The molecule has 2 N–H and O–H groups in total. The molecule has 6 nitrogen and oxygen atoms in total. The number of ketones is 1. The van der Waals surface area contributed by atoms with Crippen LogP contribution >= 0.6 is 11.6 Å². The lowest BCUT2D eigenvalue weighted by Crippen LogP contribution is -2.69. The van der Waals surface area contributed by atoms with E-state index in [9.17, 15) is 19.8 Å². The summed E-state index contributed by atoms with van der Waals surface area (Å²) in [4.78, 5) is 31.3. The highest BCUT2D eigenvalue weighted by Crippen LogP contribution is 2.72. The average Bonchev–Trinajstić information content (AvgIpc) is 3.31. The molecule has 0 spiro atoms. The number of hydroxylamine groups is 2. The molecule has 198 valence electrons. The summed E-state index contributed by atoms with van der Waals surface area (Å²) in [5.74, 6) is -3.93. The van der Waals surface area contributed by atoms with Crippen molar-refractivity contribution >= 4 is 23.4 Å². The Hall–Kier alpha value is -2.13. The number of aliphatic hydroxyl groups excluding tert-OH is 1. The standard InChI is InChI=1S/C28H30ClF2NO5/c1-25-8-7-18(33)10-21(25)22(30)11-20-19-9-16-14-32(13-15-3-5-17(29)6-4-15)37-28(16,24(35)36)26(19,2)12-23(34)27(20,25)31/h3-8,16,19-20,23,34H,9-14H2,1-2H3,(H,35,36)/t16-,19-,20-,23-,25-,26-,27-,28-/m0/s1. The van der Waals surface area contributed by atoms with E-state index in [1.807, 2.05) is 12.1 Å². The summed E-state index contributed by atoms with van der Waals surface area (Å²) in [7, 11) is 0. The normalized spacial score (nSPS) is 44.9. The number of carboxylic acid groups (broad SMARTS) is 1. The van der Waals surface area contributed by atoms with Gasteiger partial charge in [0.25, 0.3) is 0 Å². The van der Waals surface area contributed by atoms with E-state index in [0.29, 0.717) is 24.5 Å². The lowest BCUT2D eigenvalue weighted by atomic mass is 9.45. The van der Waals surface area contributed by atoms with E-state index in [4.69, 9.17) is 16.4 Å². The third-order valence-electron chi connectivity index (χ3n) is 10.3. The number of hydrogen-bond donors (Lipinski definition) is 2. The minimum absolute atomic E-state index is 0.0953. The van der Waals surface area contributed by atoms with Gasteiger partial charge in [0.15, 0.2) is 17.1 Å². The molecule has 1 aromatic rings. The van der Waals surface area contributed by atoms with E-state index in [1.54, 1.807) is 31.0 Å². The smallest absolute Gasteiger partial charge is 0.339 e. The predicted molar refractivity (Wildman–Crippen MR) is 131 cm³/mol. The maximum atomic E-state index is 17.3. The first-order valence-electron chi connectivity index (χ1n) is 12.8. The number of fused-ring (bicyclic) bond motifs is 7. The SMILES string of the molecule is C[C@]12C=CC(=O)CC1=C(F)C[C@H]1[C@@H]3C[C@H]4CN(Cc5ccc(Cl)cc5)O[C@@]4(C(=O)O)[C@@]3(C)C[C@H](O)[C@@]12F. The number of halogens is 3. The second-order valence-corrected chi connectivity index (χ2v) is 12.3. The van der Waals surface area contributed by atoms with Crippen LogP contribution in [-0.4, -0.2) is 50.9 Å². The van der Waals surface area contributed by atoms with Crippen LogP contribution in [0, 0.1) is 28.6 Å². The molecule has 6 rings (SSSR count). The van der Waals surface area contributed by atoms with Crippen molar-refractivity contribution in [2.45, 2.75) is 63.4 Å². The lowest BCUT2D eigenvalue weighted by molar-refractivity contribution is -0.273. The van der Waals surface area contributed by atoms with Gasteiger partial charge in [-0.15, -0.1) is 0 Å². The number of alkyl halides is 1. The van der Waals surface area contributed by atoms with Crippen LogP contribution in [0.1, 0.15) is 45.1 Å². The van der Waals surface area contributed by atoms with Gasteiger partial charge in [0.2, 0.25) is 0 Å². The number of carbonyl (C=O) groups is 2. The fourth-order valence-corrected chi connectivity index (χ4v) is 8.67. The lowest BCUT2D eigenvalue weighted by Gasteiger charge is -2.62. The Morgan fingerprint density at radius 1 is 1.24 bits per heavy atom. The molecule has 0 radical (unpaired) electrons. The van der Waals surface area contributed by atoms with Crippen molar-refractivity contribution < 1.29 is 33.4 Å². The Labute approximate surface area is 218 Å². The van der Waals surface area contributed by atoms with Crippen molar-refractivity contribution in [3.63, 3.8) is 0 Å². The third kappa shape index (κ3) is 3.07. The third-order valence-corrected chi connectivity index (χ3v) is 10.5. The number of carboxylic acids is 1. The Bertz CT molecular complexity index is 1250. The minimum atomic E-state index is -2.24. The summed E-state index contributed by atoms with van der Waals surface area (Å²) < 4.78 is 32.9. The van der Waals surface area contributed by atoms with Crippen LogP contribution in [0.5, 0.6) is 0 Å². The van der Waals surface area contributed by atoms with Gasteiger partial charge in [0.1, 0.15) is 5.83 Å². The highest BCUT2D eigenvalue weighted by molar-refractivity contribution is 6.30. The van der Waals surface area contributed by atoms with Crippen LogP contribution < -0.4 is 0 Å². The molecule has 0 aromatic heterocycles. The van der Waals surface area contributed by atoms with Crippen molar-refractivity contribution in [3.8, 4) is 0 Å². The van der Waals surface area contributed by atoms with Gasteiger partial charge in [0.05, 0.1) is 6.10 Å². The number of nitrogens with zero attached hydrogens (tertiary/aromatic N) is 1. The molecule has 1 aliphatic heterocycles. The zero-order valence-corrected chi connectivity index (χ0v) is 21.5. The molecular weight excluding hydrogens is 504 g/mol. The molecule has 0 amide bonds. The largest absolute Gasteiger partial charge is 0.479 e. The first-order chi connectivity index (χ1) is 17.4. The van der Waals surface area contributed by atoms with Crippen molar-refractivity contribution in [3.05, 3.63) is 58.4 Å². The summed E-state index contributed by atoms with van der Waals surface area (Å²) in [5.41, 5.74) is -5.54. The van der Waals surface area contributed by atoms with Gasteiger partial charge in [-0.25, -0.2) is 13.6 Å². The number of carbonyl (C=O) groups excluding carboxylic acids is 1. The molecule has 9 heteroatoms. The van der Waals surface area contributed by atoms with Gasteiger partial charge in [-0.2, -0.15) is 5.06 Å². The molecule has 0 bridgehead atoms. The number of allylic oxidation sites excluding steroid dienone is 4. The summed E-state index contributed by atoms with van der Waals surface area (Å²) in [6.07, 6.45) is 0.833. The molecule has 4 aliphatic carbocycles. The molecular formula is C28H30ClF2NO5. The maximum Gasteiger partial charge on any atom is 0.339 e. The Balaban J connectivity index is 1.39. The van der Waals surface area contributed by atoms with Crippen molar-refractivity contribution in [1.82, 2.24) is 5.06 Å². The van der Waals surface area contributed by atoms with E-state index < -0.39 is 57.8 Å². The monoisotopic (exact) mass is 533 g/mol. The number of benzene rings is 1. The number of aliphatic carboxylic acids is 1. The Morgan fingerprint density at radius 3 is 2.62 bits per heavy atom. The van der Waals surface area contributed by atoms with E-state index in [-0.39, 0.29) is 30.6 Å². The maximum absolute atomic E-state index is 17.3. The predicted octanol–water partition coefficient (Wildman–Crippen LogP) is 4.80. The van der Waals surface area contributed by atoms with Crippen LogP contribution in [0.4, 0.5) is 8.78 Å². The van der Waals surface area contributed by atoms with E-state index >= 15 is 8.78 Å². The summed E-state index contributed by atoms with van der Waals surface area (Å²) in [5, 5.41) is 24.3. The van der Waals surface area contributed by atoms with Crippen LogP contribution in [0.3, 0.4) is 0 Å². The molecule has 0 unspecified atom stereocenters. The van der Waals surface area contributed by atoms with Gasteiger partial charge < -0.3 is 10.2 Å². The van der Waals surface area contributed by atoms with Crippen LogP contribution in [0.2, 0.25) is 5.02 Å². The van der Waals surface area contributed by atoms with Gasteiger partial charge in [-0.3, -0.25) is 9.63 Å². The molecule has 37 heavy (non-hydrogen) atoms. The van der Waals surface area contributed by atoms with Gasteiger partial charge in [0, 0.05) is 53.6 Å². The first-order valence-corrected chi connectivity index (χ1v) is 13.1. The fraction of sp³-hybridized carbons (Fsp3) is 0.571. The second-order valence-electron chi connectivity index (χ2n) is 11.9. The van der Waals surface area contributed by atoms with Gasteiger partial charge in [-0.05, 0) is 55.0 Å². The van der Waals surface area contributed by atoms with Gasteiger partial charge in [-0.1, -0.05) is 36.7 Å². The minimum Gasteiger partial charge on any atom is -0.479 e.